The predicted octanol–water partition coefficient (Wildman–Crippen LogP) is 2.80. The van der Waals surface area contributed by atoms with Gasteiger partial charge in [-0.15, -0.1) is 0 Å². The molecule has 0 saturated heterocycles. The minimum atomic E-state index is -0.902. The zero-order valence-electron chi connectivity index (χ0n) is 10.6. The van der Waals surface area contributed by atoms with Gasteiger partial charge in [0.15, 0.2) is 0 Å². The Bertz CT molecular complexity index is 599. The summed E-state index contributed by atoms with van der Waals surface area (Å²) in [7, 11) is 0. The molecule has 2 N–H and O–H groups in total. The molecule has 0 aliphatic heterocycles. The second kappa shape index (κ2) is 4.94. The number of hydrogen-bond donors (Lipinski definition) is 2. The molecule has 0 unspecified atom stereocenters. The number of carbonyl (C=O) groups excluding carboxylic acids is 1. The Morgan fingerprint density at radius 1 is 1.15 bits per heavy atom. The molecule has 0 heterocycles. The monoisotopic (exact) mass is 291 g/mol. The van der Waals surface area contributed by atoms with Crippen LogP contribution in [-0.2, 0) is 9.59 Å². The number of carbonyl (C=O) groups is 2. The van der Waals surface area contributed by atoms with Crippen LogP contribution >= 0.6 is 11.6 Å². The van der Waals surface area contributed by atoms with E-state index in [1.54, 1.807) is 24.3 Å². The maximum Gasteiger partial charge on any atom is 0.307 e. The van der Waals surface area contributed by atoms with E-state index in [-0.39, 0.29) is 17.7 Å². The second-order valence-corrected chi connectivity index (χ2v) is 5.71. The highest BCUT2D eigenvalue weighted by Gasteiger charge is 2.51. The smallest absolute Gasteiger partial charge is 0.307 e. The average Bonchev–Trinajstić information content (AvgIpc) is 3.01. The summed E-state index contributed by atoms with van der Waals surface area (Å²) in [5.41, 5.74) is 0.523. The third-order valence-electron chi connectivity index (χ3n) is 4.18. The molecule has 104 valence electrons. The van der Waals surface area contributed by atoms with Crippen LogP contribution in [0.1, 0.15) is 6.42 Å². The van der Waals surface area contributed by atoms with Gasteiger partial charge in [0, 0.05) is 0 Å². The number of fused-ring (bicyclic) bond motifs is 2. The van der Waals surface area contributed by atoms with E-state index in [1.165, 1.54) is 0 Å². The van der Waals surface area contributed by atoms with Crippen molar-refractivity contribution in [1.29, 1.82) is 0 Å². The average molecular weight is 292 g/mol. The number of benzene rings is 1. The van der Waals surface area contributed by atoms with Gasteiger partial charge in [0.25, 0.3) is 0 Å². The summed E-state index contributed by atoms with van der Waals surface area (Å²) >= 11 is 6.01. The third-order valence-corrected chi connectivity index (χ3v) is 4.51. The van der Waals surface area contributed by atoms with Gasteiger partial charge in [0.1, 0.15) is 0 Å². The van der Waals surface area contributed by atoms with Gasteiger partial charge in [-0.25, -0.2) is 0 Å². The number of aliphatic carboxylic acids is 1. The topological polar surface area (TPSA) is 66.4 Å². The van der Waals surface area contributed by atoms with E-state index in [0.717, 1.165) is 6.42 Å². The van der Waals surface area contributed by atoms with Crippen LogP contribution in [0.15, 0.2) is 36.4 Å². The van der Waals surface area contributed by atoms with Gasteiger partial charge in [0.05, 0.1) is 22.5 Å². The quantitative estimate of drug-likeness (QED) is 0.842. The van der Waals surface area contributed by atoms with E-state index in [9.17, 15) is 14.7 Å². The number of hydrogen-bond acceptors (Lipinski definition) is 2. The van der Waals surface area contributed by atoms with Gasteiger partial charge in [-0.2, -0.15) is 0 Å². The van der Waals surface area contributed by atoms with Crippen LogP contribution in [0.25, 0.3) is 0 Å². The molecule has 4 atom stereocenters. The Hall–Kier alpha value is -1.81. The van der Waals surface area contributed by atoms with Crippen molar-refractivity contribution < 1.29 is 14.7 Å². The molecule has 5 heteroatoms. The molecule has 2 aliphatic carbocycles. The molecule has 20 heavy (non-hydrogen) atoms. The van der Waals surface area contributed by atoms with Crippen molar-refractivity contribution in [2.45, 2.75) is 6.42 Å². The van der Waals surface area contributed by atoms with Crippen molar-refractivity contribution in [3.63, 3.8) is 0 Å². The van der Waals surface area contributed by atoms with Gasteiger partial charge in [0.2, 0.25) is 5.91 Å². The van der Waals surface area contributed by atoms with E-state index in [2.05, 4.69) is 5.32 Å². The molecule has 1 aromatic carbocycles. The number of anilines is 1. The number of halogens is 1. The molecule has 0 radical (unpaired) electrons. The SMILES string of the molecule is O=C(Nc1ccccc1Cl)[C@@H]1[C@H](C(=O)O)[C@H]2C=C[C@H]1C2. The maximum atomic E-state index is 12.4. The first-order valence-electron chi connectivity index (χ1n) is 6.54. The molecule has 1 aromatic rings. The van der Waals surface area contributed by atoms with Crippen molar-refractivity contribution in [3.05, 3.63) is 41.4 Å². The van der Waals surface area contributed by atoms with E-state index in [4.69, 9.17) is 11.6 Å². The van der Waals surface area contributed by atoms with Crippen LogP contribution in [0, 0.1) is 23.7 Å². The van der Waals surface area contributed by atoms with E-state index < -0.39 is 17.8 Å². The summed E-state index contributed by atoms with van der Waals surface area (Å²) in [4.78, 5) is 23.8. The summed E-state index contributed by atoms with van der Waals surface area (Å²) in [6.45, 7) is 0. The lowest BCUT2D eigenvalue weighted by Crippen LogP contribution is -2.36. The zero-order valence-corrected chi connectivity index (χ0v) is 11.4. The molecule has 1 saturated carbocycles. The Morgan fingerprint density at radius 2 is 1.80 bits per heavy atom. The van der Waals surface area contributed by atoms with Crippen LogP contribution in [0.5, 0.6) is 0 Å². The molecule has 0 aromatic heterocycles. The summed E-state index contributed by atoms with van der Waals surface area (Å²) in [6.07, 6.45) is 4.63. The molecule has 1 fully saturated rings. The molecule has 4 nitrogen and oxygen atoms in total. The van der Waals surface area contributed by atoms with Crippen LogP contribution in [0.3, 0.4) is 0 Å². The Labute approximate surface area is 121 Å². The highest BCUT2D eigenvalue weighted by Crippen LogP contribution is 2.48. The Kier molecular flexibility index (Phi) is 3.26. The van der Waals surface area contributed by atoms with Gasteiger partial charge in [-0.3, -0.25) is 9.59 Å². The number of nitrogens with one attached hydrogen (secondary N) is 1. The van der Waals surface area contributed by atoms with E-state index in [1.807, 2.05) is 12.2 Å². The highest BCUT2D eigenvalue weighted by atomic mass is 35.5. The summed E-state index contributed by atoms with van der Waals surface area (Å²) < 4.78 is 0. The fourth-order valence-corrected chi connectivity index (χ4v) is 3.48. The van der Waals surface area contributed by atoms with E-state index in [0.29, 0.717) is 10.7 Å². The maximum absolute atomic E-state index is 12.4. The molecule has 2 bridgehead atoms. The van der Waals surface area contributed by atoms with Crippen molar-refractivity contribution in [1.82, 2.24) is 0 Å². The molecular weight excluding hydrogens is 278 g/mol. The Morgan fingerprint density at radius 3 is 2.45 bits per heavy atom. The van der Waals surface area contributed by atoms with Crippen molar-refractivity contribution >= 4 is 29.2 Å². The second-order valence-electron chi connectivity index (χ2n) is 5.31. The van der Waals surface area contributed by atoms with Gasteiger partial charge >= 0.3 is 5.97 Å². The molecule has 0 spiro atoms. The number of carboxylic acid groups (broad SMARTS) is 1. The fourth-order valence-electron chi connectivity index (χ4n) is 3.29. The molecular formula is C15H14ClNO3. The van der Waals surface area contributed by atoms with Crippen LogP contribution < -0.4 is 5.32 Å². The normalized spacial score (nSPS) is 30.4. The first-order chi connectivity index (χ1) is 9.58. The van der Waals surface area contributed by atoms with Crippen molar-refractivity contribution in [3.8, 4) is 0 Å². The lowest BCUT2D eigenvalue weighted by molar-refractivity contribution is -0.146. The minimum Gasteiger partial charge on any atom is -0.481 e. The summed E-state index contributed by atoms with van der Waals surface area (Å²) in [5.74, 6) is -2.32. The van der Waals surface area contributed by atoms with Gasteiger partial charge < -0.3 is 10.4 Å². The predicted molar refractivity (Wildman–Crippen MR) is 75.4 cm³/mol. The minimum absolute atomic E-state index is 0.0172. The summed E-state index contributed by atoms with van der Waals surface area (Å²) in [6, 6.07) is 6.95. The van der Waals surface area contributed by atoms with Crippen LogP contribution in [0.4, 0.5) is 5.69 Å². The Balaban J connectivity index is 1.82. The number of amides is 1. The fraction of sp³-hybridized carbons (Fsp3) is 0.333. The first-order valence-corrected chi connectivity index (χ1v) is 6.92. The van der Waals surface area contributed by atoms with Crippen molar-refractivity contribution in [2.24, 2.45) is 23.7 Å². The van der Waals surface area contributed by atoms with Gasteiger partial charge in [-0.05, 0) is 30.4 Å². The highest BCUT2D eigenvalue weighted by molar-refractivity contribution is 6.33. The number of allylic oxidation sites excluding steroid dienone is 2. The third kappa shape index (κ3) is 2.10. The number of carboxylic acids is 1. The van der Waals surface area contributed by atoms with Crippen LogP contribution in [-0.4, -0.2) is 17.0 Å². The number of rotatable bonds is 3. The lowest BCUT2D eigenvalue weighted by Gasteiger charge is -2.24. The standard InChI is InChI=1S/C15H14ClNO3/c16-10-3-1-2-4-11(10)17-14(18)12-8-5-6-9(7-8)13(12)15(19)20/h1-6,8-9,12-13H,7H2,(H,17,18)(H,19,20)/t8-,9-,12-,13+/m0/s1. The lowest BCUT2D eigenvalue weighted by atomic mass is 9.82. The molecule has 3 rings (SSSR count). The van der Waals surface area contributed by atoms with Gasteiger partial charge in [-0.1, -0.05) is 35.9 Å². The largest absolute Gasteiger partial charge is 0.481 e. The summed E-state index contributed by atoms with van der Waals surface area (Å²) in [5, 5.41) is 12.5. The number of para-hydroxylation sites is 1. The molecule has 1 amide bonds. The first kappa shape index (κ1) is 13.2. The van der Waals surface area contributed by atoms with Crippen LogP contribution in [0.2, 0.25) is 5.02 Å². The van der Waals surface area contributed by atoms with E-state index >= 15 is 0 Å². The van der Waals surface area contributed by atoms with Crippen molar-refractivity contribution in [2.75, 3.05) is 5.32 Å². The zero-order chi connectivity index (χ0) is 14.3. The molecule has 2 aliphatic rings.